The minimum Gasteiger partial charge on any atom is -0.489 e. The fourth-order valence-electron chi connectivity index (χ4n) is 3.87. The lowest BCUT2D eigenvalue weighted by atomic mass is 10.0. The average Bonchev–Trinajstić information content (AvgIpc) is 3.64. The van der Waals surface area contributed by atoms with Gasteiger partial charge in [0.15, 0.2) is 23.0 Å². The van der Waals surface area contributed by atoms with Crippen LogP contribution in [-0.4, -0.2) is 36.1 Å². The second kappa shape index (κ2) is 13.2. The van der Waals surface area contributed by atoms with Crippen LogP contribution in [-0.2, 0) is 4.79 Å². The van der Waals surface area contributed by atoms with Crippen molar-refractivity contribution in [1.82, 2.24) is 21.2 Å². The van der Waals surface area contributed by atoms with Crippen LogP contribution in [0.15, 0.2) is 40.8 Å². The van der Waals surface area contributed by atoms with Crippen molar-refractivity contribution in [2.75, 3.05) is 6.61 Å². The van der Waals surface area contributed by atoms with E-state index in [0.717, 1.165) is 25.0 Å². The number of carbonyl (C=O) groups is 2. The van der Waals surface area contributed by atoms with E-state index >= 15 is 0 Å². The van der Waals surface area contributed by atoms with Gasteiger partial charge in [-0.05, 0) is 63.8 Å². The maximum Gasteiger partial charge on any atom is 0.387 e. The van der Waals surface area contributed by atoms with E-state index in [1.165, 1.54) is 25.1 Å². The standard InChI is InChI=1S/C28H31F4N5O5/c1-13(2)36-37-26(39)22(18-8-7-17(29)11-19(18)30)34-25(38)23-24(14(3)33)42-27(35-23)16-6-9-20(41-28(31)32)21(10-16)40-12-15-4-5-15/h6-11,13-15,22,28,36H,4-5,12,33H2,1-3H3,(H,34,38)(H,37,39)/t14-,22?/m0/s1. The van der Waals surface area contributed by atoms with Gasteiger partial charge in [0.2, 0.25) is 5.89 Å². The number of benzene rings is 2. The molecule has 0 aliphatic heterocycles. The summed E-state index contributed by atoms with van der Waals surface area (Å²) < 4.78 is 70.2. The second-order valence-corrected chi connectivity index (χ2v) is 10.2. The molecule has 0 saturated heterocycles. The normalized spacial score (nSPS) is 14.5. The minimum atomic E-state index is -3.08. The Morgan fingerprint density at radius 2 is 1.83 bits per heavy atom. The van der Waals surface area contributed by atoms with Crippen LogP contribution < -0.4 is 31.4 Å². The highest BCUT2D eigenvalue weighted by atomic mass is 19.3. The summed E-state index contributed by atoms with van der Waals surface area (Å²) in [6, 6.07) is 3.98. The van der Waals surface area contributed by atoms with Gasteiger partial charge >= 0.3 is 6.61 Å². The molecule has 0 spiro atoms. The molecule has 0 radical (unpaired) electrons. The molecule has 1 aromatic heterocycles. The summed E-state index contributed by atoms with van der Waals surface area (Å²) in [5, 5.41) is 2.42. The molecule has 1 unspecified atom stereocenters. The van der Waals surface area contributed by atoms with Gasteiger partial charge in [0.05, 0.1) is 12.6 Å². The Morgan fingerprint density at radius 3 is 2.45 bits per heavy atom. The molecule has 2 atom stereocenters. The zero-order valence-electron chi connectivity index (χ0n) is 23.0. The second-order valence-electron chi connectivity index (χ2n) is 10.2. The number of rotatable bonds is 13. The van der Waals surface area contributed by atoms with E-state index in [-0.39, 0.29) is 46.0 Å². The van der Waals surface area contributed by atoms with Gasteiger partial charge in [-0.15, -0.1) is 0 Å². The van der Waals surface area contributed by atoms with Crippen molar-refractivity contribution >= 4 is 11.8 Å². The molecule has 1 aliphatic carbocycles. The molecule has 3 aromatic rings. The van der Waals surface area contributed by atoms with E-state index < -0.39 is 42.1 Å². The van der Waals surface area contributed by atoms with Crippen LogP contribution in [0.4, 0.5) is 17.6 Å². The Morgan fingerprint density at radius 1 is 1.10 bits per heavy atom. The topological polar surface area (TPSA) is 141 Å². The third kappa shape index (κ3) is 7.76. The van der Waals surface area contributed by atoms with E-state index in [4.69, 9.17) is 14.9 Å². The Labute approximate surface area is 238 Å². The molecule has 4 rings (SSSR count). The Bertz CT molecular complexity index is 1430. The molecule has 5 N–H and O–H groups in total. The van der Waals surface area contributed by atoms with E-state index in [9.17, 15) is 27.2 Å². The first-order chi connectivity index (χ1) is 19.9. The number of hydrogen-bond donors (Lipinski definition) is 4. The number of hydrogen-bond acceptors (Lipinski definition) is 8. The minimum absolute atomic E-state index is 0.0346. The van der Waals surface area contributed by atoms with E-state index in [0.29, 0.717) is 18.6 Å². The predicted octanol–water partition coefficient (Wildman–Crippen LogP) is 4.53. The van der Waals surface area contributed by atoms with Crippen molar-refractivity contribution in [3.05, 3.63) is 65.1 Å². The van der Waals surface area contributed by atoms with Crippen LogP contribution in [0.25, 0.3) is 11.5 Å². The van der Waals surface area contributed by atoms with Crippen molar-refractivity contribution in [1.29, 1.82) is 0 Å². The van der Waals surface area contributed by atoms with Crippen molar-refractivity contribution in [2.24, 2.45) is 11.7 Å². The van der Waals surface area contributed by atoms with Gasteiger partial charge in [0, 0.05) is 23.2 Å². The van der Waals surface area contributed by atoms with Crippen LogP contribution in [0.3, 0.4) is 0 Å². The molecule has 1 fully saturated rings. The Kier molecular flexibility index (Phi) is 9.68. The Hall–Kier alpha value is -4.17. The molecule has 2 aromatic carbocycles. The van der Waals surface area contributed by atoms with Crippen LogP contribution in [0.5, 0.6) is 11.5 Å². The molecule has 10 nitrogen and oxygen atoms in total. The average molecular weight is 594 g/mol. The number of alkyl halides is 2. The van der Waals surface area contributed by atoms with Gasteiger partial charge in [0.25, 0.3) is 11.8 Å². The van der Waals surface area contributed by atoms with E-state index in [1.807, 2.05) is 0 Å². The van der Waals surface area contributed by atoms with Crippen molar-refractivity contribution in [2.45, 2.75) is 58.3 Å². The van der Waals surface area contributed by atoms with Gasteiger partial charge in [-0.2, -0.15) is 8.78 Å². The summed E-state index contributed by atoms with van der Waals surface area (Å²) in [7, 11) is 0. The molecule has 0 bridgehead atoms. The lowest BCUT2D eigenvalue weighted by Crippen LogP contribution is -2.48. The number of amides is 2. The van der Waals surface area contributed by atoms with Crippen molar-refractivity contribution < 1.29 is 41.0 Å². The van der Waals surface area contributed by atoms with Crippen LogP contribution in [0.1, 0.15) is 67.5 Å². The van der Waals surface area contributed by atoms with Crippen molar-refractivity contribution in [3.63, 3.8) is 0 Å². The SMILES string of the molecule is CC(C)NNC(=O)C(NC(=O)c1nc(-c2ccc(OC(F)F)c(OCC3CC3)c2)oc1[C@H](C)N)c1ccc(F)cc1F. The molecule has 1 heterocycles. The zero-order valence-corrected chi connectivity index (χ0v) is 23.0. The number of oxazole rings is 1. The predicted molar refractivity (Wildman–Crippen MR) is 142 cm³/mol. The molecule has 226 valence electrons. The highest BCUT2D eigenvalue weighted by Gasteiger charge is 2.31. The monoisotopic (exact) mass is 593 g/mol. The maximum absolute atomic E-state index is 14.7. The molecular formula is C28H31F4N5O5. The number of halogens is 4. The first-order valence-corrected chi connectivity index (χ1v) is 13.2. The fourth-order valence-corrected chi connectivity index (χ4v) is 3.87. The number of nitrogens with zero attached hydrogens (tertiary/aromatic N) is 1. The van der Waals surface area contributed by atoms with Crippen LogP contribution >= 0.6 is 0 Å². The molecule has 42 heavy (non-hydrogen) atoms. The Balaban J connectivity index is 1.66. The van der Waals surface area contributed by atoms with Gasteiger partial charge in [-0.25, -0.2) is 19.2 Å². The number of aromatic nitrogens is 1. The number of carbonyl (C=O) groups excluding carboxylic acids is 2. The summed E-state index contributed by atoms with van der Waals surface area (Å²) in [6.45, 7) is 2.25. The summed E-state index contributed by atoms with van der Waals surface area (Å²) >= 11 is 0. The van der Waals surface area contributed by atoms with E-state index in [2.05, 4.69) is 25.9 Å². The fraction of sp³-hybridized carbons (Fsp3) is 0.393. The summed E-state index contributed by atoms with van der Waals surface area (Å²) in [4.78, 5) is 30.6. The quantitative estimate of drug-likeness (QED) is 0.167. The van der Waals surface area contributed by atoms with Crippen LogP contribution in [0.2, 0.25) is 0 Å². The van der Waals surface area contributed by atoms with Gasteiger partial charge in [-0.3, -0.25) is 15.0 Å². The van der Waals surface area contributed by atoms with Gasteiger partial charge < -0.3 is 24.9 Å². The number of nitrogens with one attached hydrogen (secondary N) is 3. The van der Waals surface area contributed by atoms with Crippen molar-refractivity contribution in [3.8, 4) is 23.0 Å². The molecular weight excluding hydrogens is 562 g/mol. The molecule has 1 aliphatic rings. The van der Waals surface area contributed by atoms with Crippen LogP contribution in [0, 0.1) is 17.6 Å². The summed E-state index contributed by atoms with van der Waals surface area (Å²) in [6.07, 6.45) is 1.93. The first-order valence-electron chi connectivity index (χ1n) is 13.2. The zero-order chi connectivity index (χ0) is 30.6. The molecule has 1 saturated carbocycles. The summed E-state index contributed by atoms with van der Waals surface area (Å²) in [5.41, 5.74) is 10.7. The molecule has 2 amide bonds. The highest BCUT2D eigenvalue weighted by Crippen LogP contribution is 2.37. The van der Waals surface area contributed by atoms with Gasteiger partial charge in [0.1, 0.15) is 17.7 Å². The smallest absolute Gasteiger partial charge is 0.387 e. The van der Waals surface area contributed by atoms with E-state index in [1.54, 1.807) is 13.8 Å². The number of ether oxygens (including phenoxy) is 2. The lowest BCUT2D eigenvalue weighted by Gasteiger charge is -2.20. The van der Waals surface area contributed by atoms with Gasteiger partial charge in [-0.1, -0.05) is 6.07 Å². The number of nitrogens with two attached hydrogens (primary N) is 1. The largest absolute Gasteiger partial charge is 0.489 e. The molecule has 14 heteroatoms. The third-order valence-electron chi connectivity index (χ3n) is 6.16. The highest BCUT2D eigenvalue weighted by molar-refractivity contribution is 5.97. The third-order valence-corrected chi connectivity index (χ3v) is 6.16. The number of hydrazine groups is 1. The lowest BCUT2D eigenvalue weighted by molar-refractivity contribution is -0.124. The summed E-state index contributed by atoms with van der Waals surface area (Å²) in [5.74, 6) is -3.68. The first kappa shape index (κ1) is 30.8. The maximum atomic E-state index is 14.7.